The number of hydrogen-bond donors (Lipinski definition) is 0. The van der Waals surface area contributed by atoms with Crippen molar-refractivity contribution < 1.29 is 0 Å². The van der Waals surface area contributed by atoms with Crippen molar-refractivity contribution in [3.63, 3.8) is 0 Å². The molecule has 52 heavy (non-hydrogen) atoms. The van der Waals surface area contributed by atoms with E-state index in [0.717, 1.165) is 21.5 Å². The lowest BCUT2D eigenvalue weighted by Crippen LogP contribution is -2.42. The first-order valence-corrected chi connectivity index (χ1v) is 18.6. The van der Waals surface area contributed by atoms with E-state index in [2.05, 4.69) is 185 Å². The van der Waals surface area contributed by atoms with Crippen LogP contribution in [0.2, 0.25) is 0 Å². The Morgan fingerprint density at radius 3 is 2.25 bits per heavy atom. The number of para-hydroxylation sites is 3. The van der Waals surface area contributed by atoms with Crippen LogP contribution in [0.3, 0.4) is 0 Å². The Morgan fingerprint density at radius 1 is 0.635 bits per heavy atom. The molecule has 2 unspecified atom stereocenters. The zero-order valence-electron chi connectivity index (χ0n) is 28.4. The molecule has 0 saturated carbocycles. The summed E-state index contributed by atoms with van der Waals surface area (Å²) in [6.07, 6.45) is 8.94. The minimum Gasteiger partial charge on any atom is -0.331 e. The van der Waals surface area contributed by atoms with Crippen molar-refractivity contribution in [3.05, 3.63) is 181 Å². The predicted molar refractivity (Wildman–Crippen MR) is 218 cm³/mol. The van der Waals surface area contributed by atoms with E-state index in [4.69, 9.17) is 4.98 Å². The van der Waals surface area contributed by atoms with Crippen LogP contribution in [0.1, 0.15) is 24.0 Å². The molecule has 1 aliphatic heterocycles. The van der Waals surface area contributed by atoms with E-state index in [0.29, 0.717) is 0 Å². The number of thiophene rings is 1. The second-order valence-electron chi connectivity index (χ2n) is 14.0. The summed E-state index contributed by atoms with van der Waals surface area (Å²) in [6.45, 7) is 2.37. The van der Waals surface area contributed by atoms with Crippen LogP contribution in [0.4, 0.5) is 11.4 Å². The SMILES string of the molecule is CC12C=CC(c3ccc4c(c3)c3ccccc3n4-c3ccccc3)=CC1c1ccccc1N2c1ccc(-c2ncnc3c2sc2ccccc23)cc1. The summed E-state index contributed by atoms with van der Waals surface area (Å²) in [5.41, 5.74) is 12.7. The largest absolute Gasteiger partial charge is 0.331 e. The van der Waals surface area contributed by atoms with Crippen LogP contribution >= 0.6 is 11.3 Å². The Bertz CT molecular complexity index is 2930. The predicted octanol–water partition coefficient (Wildman–Crippen LogP) is 12.3. The third-order valence-corrected chi connectivity index (χ3v) is 12.3. The van der Waals surface area contributed by atoms with Gasteiger partial charge in [-0.2, -0.15) is 0 Å². The summed E-state index contributed by atoms with van der Waals surface area (Å²) in [6, 6.07) is 52.7. The molecule has 4 nitrogen and oxygen atoms in total. The van der Waals surface area contributed by atoms with E-state index in [9.17, 15) is 0 Å². The summed E-state index contributed by atoms with van der Waals surface area (Å²) in [5.74, 6) is 0.185. The quantitative estimate of drug-likeness (QED) is 0.185. The highest BCUT2D eigenvalue weighted by Crippen LogP contribution is 2.55. The van der Waals surface area contributed by atoms with Crippen molar-refractivity contribution in [2.75, 3.05) is 4.90 Å². The van der Waals surface area contributed by atoms with Crippen LogP contribution in [0.15, 0.2) is 170 Å². The zero-order chi connectivity index (χ0) is 34.4. The zero-order valence-corrected chi connectivity index (χ0v) is 29.3. The Hall–Kier alpha value is -6.30. The van der Waals surface area contributed by atoms with Crippen molar-refractivity contribution in [1.82, 2.24) is 14.5 Å². The molecule has 0 saturated heterocycles. The molecule has 0 N–H and O–H groups in total. The lowest BCUT2D eigenvalue weighted by Gasteiger charge is -2.40. The molecule has 3 aromatic heterocycles. The Kier molecular flexibility index (Phi) is 6.28. The van der Waals surface area contributed by atoms with Gasteiger partial charge in [0.25, 0.3) is 0 Å². The van der Waals surface area contributed by atoms with Gasteiger partial charge in [0.05, 0.1) is 32.5 Å². The third-order valence-electron chi connectivity index (χ3n) is 11.1. The minimum atomic E-state index is -0.268. The summed E-state index contributed by atoms with van der Waals surface area (Å²) in [7, 11) is 0. The number of benzene rings is 6. The summed E-state index contributed by atoms with van der Waals surface area (Å²) >= 11 is 1.76. The molecule has 2 aliphatic rings. The van der Waals surface area contributed by atoms with E-state index in [1.54, 1.807) is 17.7 Å². The smallest absolute Gasteiger partial charge is 0.116 e. The van der Waals surface area contributed by atoms with E-state index < -0.39 is 0 Å². The highest BCUT2D eigenvalue weighted by atomic mass is 32.1. The van der Waals surface area contributed by atoms with Crippen molar-refractivity contribution >= 4 is 70.4 Å². The Morgan fingerprint density at radius 2 is 1.37 bits per heavy atom. The fourth-order valence-electron chi connectivity index (χ4n) is 8.71. The van der Waals surface area contributed by atoms with Crippen molar-refractivity contribution in [2.45, 2.75) is 18.4 Å². The van der Waals surface area contributed by atoms with Gasteiger partial charge in [-0.15, -0.1) is 11.3 Å². The van der Waals surface area contributed by atoms with Gasteiger partial charge in [0.1, 0.15) is 6.33 Å². The monoisotopic (exact) mass is 684 g/mol. The van der Waals surface area contributed by atoms with Crippen LogP contribution in [-0.4, -0.2) is 20.1 Å². The second kappa shape index (κ2) is 11.1. The normalized spacial score (nSPS) is 18.0. The van der Waals surface area contributed by atoms with Crippen molar-refractivity contribution in [2.24, 2.45) is 0 Å². The average Bonchev–Trinajstić information content (AvgIpc) is 3.83. The topological polar surface area (TPSA) is 34.0 Å². The first kappa shape index (κ1) is 29.4. The molecular formula is C47H32N4S. The molecule has 0 radical (unpaired) electrons. The van der Waals surface area contributed by atoms with Gasteiger partial charge in [0.15, 0.2) is 0 Å². The Labute approximate surface area is 305 Å². The summed E-state index contributed by atoms with van der Waals surface area (Å²) < 4.78 is 4.74. The molecular weight excluding hydrogens is 653 g/mol. The number of hydrogen-bond acceptors (Lipinski definition) is 4. The van der Waals surface area contributed by atoms with E-state index in [-0.39, 0.29) is 11.5 Å². The fraction of sp³-hybridized carbons (Fsp3) is 0.0638. The van der Waals surface area contributed by atoms with E-state index in [1.807, 2.05) is 0 Å². The molecule has 5 heteroatoms. The molecule has 1 aliphatic carbocycles. The van der Waals surface area contributed by atoms with Crippen molar-refractivity contribution in [3.8, 4) is 16.9 Å². The number of nitrogens with zero attached hydrogens (tertiary/aromatic N) is 4. The molecule has 4 heterocycles. The second-order valence-corrected chi connectivity index (χ2v) is 15.1. The molecule has 0 fully saturated rings. The van der Waals surface area contributed by atoms with Gasteiger partial charge in [-0.05, 0) is 78.2 Å². The summed E-state index contributed by atoms with van der Waals surface area (Å²) in [5, 5.41) is 3.72. The molecule has 0 bridgehead atoms. The number of aromatic nitrogens is 3. The van der Waals surface area contributed by atoms with E-state index >= 15 is 0 Å². The number of allylic oxidation sites excluding steroid dienone is 2. The standard InChI is InChI=1S/C47H32N4S/c1-47-26-25-32(31-21-24-41-38(27-31)35-13-5-8-16-40(35)50(41)33-11-3-2-4-12-33)28-39(47)36-14-6-9-17-42(36)51(47)34-22-19-30(20-23-34)44-46-45(49-29-48-44)37-15-7-10-18-43(37)52-46/h2-29,39H,1H3. The van der Waals surface area contributed by atoms with Crippen LogP contribution in [0.25, 0.3) is 64.6 Å². The third kappa shape index (κ3) is 4.20. The maximum Gasteiger partial charge on any atom is 0.116 e. The van der Waals surface area contributed by atoms with Gasteiger partial charge in [-0.1, -0.05) is 109 Å². The molecule has 246 valence electrons. The maximum atomic E-state index is 4.77. The van der Waals surface area contributed by atoms with Gasteiger partial charge in [-0.3, -0.25) is 0 Å². The molecule has 9 aromatic rings. The molecule has 0 spiro atoms. The van der Waals surface area contributed by atoms with Gasteiger partial charge < -0.3 is 9.47 Å². The average molecular weight is 685 g/mol. The number of anilines is 2. The maximum absolute atomic E-state index is 4.77. The van der Waals surface area contributed by atoms with Gasteiger partial charge in [-0.25, -0.2) is 9.97 Å². The van der Waals surface area contributed by atoms with Crippen LogP contribution < -0.4 is 4.90 Å². The first-order valence-electron chi connectivity index (χ1n) is 17.8. The molecule has 2 atom stereocenters. The lowest BCUT2D eigenvalue weighted by molar-refractivity contribution is 0.544. The van der Waals surface area contributed by atoms with Gasteiger partial charge in [0.2, 0.25) is 0 Å². The minimum absolute atomic E-state index is 0.185. The van der Waals surface area contributed by atoms with E-state index in [1.165, 1.54) is 65.7 Å². The Balaban J connectivity index is 0.983. The van der Waals surface area contributed by atoms with Crippen LogP contribution in [0.5, 0.6) is 0 Å². The summed E-state index contributed by atoms with van der Waals surface area (Å²) in [4.78, 5) is 12.0. The number of rotatable bonds is 4. The lowest BCUT2D eigenvalue weighted by atomic mass is 9.77. The molecule has 6 aromatic carbocycles. The van der Waals surface area contributed by atoms with Crippen LogP contribution in [0, 0.1) is 0 Å². The highest BCUT2D eigenvalue weighted by Gasteiger charge is 2.47. The van der Waals surface area contributed by atoms with Gasteiger partial charge >= 0.3 is 0 Å². The molecule has 0 amide bonds. The number of fused-ring (bicyclic) bond motifs is 9. The molecule has 11 rings (SSSR count). The highest BCUT2D eigenvalue weighted by molar-refractivity contribution is 7.26. The van der Waals surface area contributed by atoms with Crippen LogP contribution in [-0.2, 0) is 0 Å². The van der Waals surface area contributed by atoms with Crippen molar-refractivity contribution in [1.29, 1.82) is 0 Å². The fourth-order valence-corrected chi connectivity index (χ4v) is 9.88. The van der Waals surface area contributed by atoms with Gasteiger partial charge in [0, 0.05) is 49.4 Å². The first-order chi connectivity index (χ1) is 25.7.